The van der Waals surface area contributed by atoms with Gasteiger partial charge in [0, 0.05) is 30.0 Å². The highest BCUT2D eigenvalue weighted by molar-refractivity contribution is 6.31. The molecule has 0 aliphatic heterocycles. The first kappa shape index (κ1) is 15.1. The summed E-state index contributed by atoms with van der Waals surface area (Å²) in [6, 6.07) is 6.94. The molecule has 0 aliphatic rings. The molecule has 0 saturated heterocycles. The molecule has 0 radical (unpaired) electrons. The summed E-state index contributed by atoms with van der Waals surface area (Å²) < 4.78 is 15.3. The standard InChI is InChI=1S/C16H20ClFN2/c1-3-4-16(19-2)12-7-8-20(10-12)11-13-9-14(18)5-6-15(13)17/h5-10,16,19H,3-4,11H2,1-2H3. The minimum absolute atomic E-state index is 0.254. The number of hydrogen-bond acceptors (Lipinski definition) is 1. The van der Waals surface area contributed by atoms with Crippen LogP contribution in [0.1, 0.15) is 36.9 Å². The van der Waals surface area contributed by atoms with Crippen molar-refractivity contribution in [1.29, 1.82) is 0 Å². The number of rotatable bonds is 6. The van der Waals surface area contributed by atoms with Gasteiger partial charge in [-0.1, -0.05) is 24.9 Å². The van der Waals surface area contributed by atoms with Crippen LogP contribution in [0.4, 0.5) is 4.39 Å². The molecule has 1 heterocycles. The summed E-state index contributed by atoms with van der Waals surface area (Å²) in [5, 5.41) is 3.92. The van der Waals surface area contributed by atoms with Crippen LogP contribution in [0.5, 0.6) is 0 Å². The molecule has 108 valence electrons. The Hall–Kier alpha value is -1.32. The van der Waals surface area contributed by atoms with E-state index in [1.807, 2.05) is 17.8 Å². The third kappa shape index (κ3) is 3.62. The summed E-state index contributed by atoms with van der Waals surface area (Å²) in [6.07, 6.45) is 6.34. The number of halogens is 2. The van der Waals surface area contributed by atoms with Gasteiger partial charge in [-0.2, -0.15) is 0 Å². The number of nitrogens with zero attached hydrogens (tertiary/aromatic N) is 1. The zero-order valence-corrected chi connectivity index (χ0v) is 12.6. The molecule has 2 rings (SSSR count). The molecule has 0 aliphatic carbocycles. The Morgan fingerprint density at radius 2 is 2.15 bits per heavy atom. The summed E-state index contributed by atoms with van der Waals surface area (Å²) in [4.78, 5) is 0. The molecule has 0 fully saturated rings. The van der Waals surface area contributed by atoms with Gasteiger partial charge < -0.3 is 9.88 Å². The zero-order valence-electron chi connectivity index (χ0n) is 11.9. The molecule has 1 atom stereocenters. The lowest BCUT2D eigenvalue weighted by molar-refractivity contribution is 0.540. The molecule has 1 aromatic carbocycles. The average molecular weight is 295 g/mol. The first-order valence-electron chi connectivity index (χ1n) is 6.91. The quantitative estimate of drug-likeness (QED) is 0.836. The van der Waals surface area contributed by atoms with Gasteiger partial charge in [0.2, 0.25) is 0 Å². The Morgan fingerprint density at radius 1 is 1.35 bits per heavy atom. The maximum Gasteiger partial charge on any atom is 0.123 e. The number of benzene rings is 1. The summed E-state index contributed by atoms with van der Waals surface area (Å²) in [5.74, 6) is -0.254. The topological polar surface area (TPSA) is 17.0 Å². The van der Waals surface area contributed by atoms with Crippen LogP contribution in [0.25, 0.3) is 0 Å². The Morgan fingerprint density at radius 3 is 2.85 bits per heavy atom. The fraction of sp³-hybridized carbons (Fsp3) is 0.375. The highest BCUT2D eigenvalue weighted by atomic mass is 35.5. The van der Waals surface area contributed by atoms with E-state index in [2.05, 4.69) is 24.5 Å². The van der Waals surface area contributed by atoms with Gasteiger partial charge in [0.05, 0.1) is 0 Å². The van der Waals surface area contributed by atoms with E-state index in [-0.39, 0.29) is 5.82 Å². The van der Waals surface area contributed by atoms with Crippen molar-refractivity contribution in [3.8, 4) is 0 Å². The zero-order chi connectivity index (χ0) is 14.5. The van der Waals surface area contributed by atoms with Crippen molar-refractivity contribution in [1.82, 2.24) is 9.88 Å². The Balaban J connectivity index is 2.14. The van der Waals surface area contributed by atoms with E-state index < -0.39 is 0 Å². The van der Waals surface area contributed by atoms with Gasteiger partial charge >= 0.3 is 0 Å². The van der Waals surface area contributed by atoms with Crippen molar-refractivity contribution in [2.45, 2.75) is 32.4 Å². The number of nitrogens with one attached hydrogen (secondary N) is 1. The van der Waals surface area contributed by atoms with Gasteiger partial charge in [0.15, 0.2) is 0 Å². The largest absolute Gasteiger partial charge is 0.350 e. The molecule has 0 spiro atoms. The maximum atomic E-state index is 13.3. The van der Waals surface area contributed by atoms with E-state index in [0.29, 0.717) is 17.6 Å². The lowest BCUT2D eigenvalue weighted by Gasteiger charge is -2.13. The van der Waals surface area contributed by atoms with Crippen LogP contribution in [0.2, 0.25) is 5.02 Å². The smallest absolute Gasteiger partial charge is 0.123 e. The fourth-order valence-corrected chi connectivity index (χ4v) is 2.57. The predicted molar refractivity (Wildman–Crippen MR) is 81.7 cm³/mol. The van der Waals surface area contributed by atoms with Crippen molar-refractivity contribution in [3.63, 3.8) is 0 Å². The highest BCUT2D eigenvalue weighted by Gasteiger charge is 2.10. The van der Waals surface area contributed by atoms with Crippen LogP contribution in [-0.4, -0.2) is 11.6 Å². The first-order chi connectivity index (χ1) is 9.63. The van der Waals surface area contributed by atoms with E-state index in [1.54, 1.807) is 6.07 Å². The molecule has 2 aromatic rings. The SMILES string of the molecule is CCCC(NC)c1ccn(Cc2cc(F)ccc2Cl)c1. The normalized spacial score (nSPS) is 12.6. The lowest BCUT2D eigenvalue weighted by atomic mass is 10.1. The van der Waals surface area contributed by atoms with Crippen molar-refractivity contribution in [2.24, 2.45) is 0 Å². The summed E-state index contributed by atoms with van der Waals surface area (Å²) >= 11 is 6.10. The van der Waals surface area contributed by atoms with Crippen LogP contribution in [0.3, 0.4) is 0 Å². The van der Waals surface area contributed by atoms with Gasteiger partial charge in [-0.25, -0.2) is 4.39 Å². The van der Waals surface area contributed by atoms with E-state index in [9.17, 15) is 4.39 Å². The minimum Gasteiger partial charge on any atom is -0.350 e. The van der Waals surface area contributed by atoms with Crippen LogP contribution in [0.15, 0.2) is 36.7 Å². The maximum absolute atomic E-state index is 13.3. The van der Waals surface area contributed by atoms with E-state index >= 15 is 0 Å². The molecular formula is C16H20ClFN2. The number of hydrogen-bond donors (Lipinski definition) is 1. The van der Waals surface area contributed by atoms with Gasteiger partial charge in [0.1, 0.15) is 5.82 Å². The van der Waals surface area contributed by atoms with Crippen molar-refractivity contribution in [3.05, 3.63) is 58.6 Å². The van der Waals surface area contributed by atoms with Crippen LogP contribution >= 0.6 is 11.6 Å². The van der Waals surface area contributed by atoms with E-state index in [1.165, 1.54) is 17.7 Å². The van der Waals surface area contributed by atoms with Crippen molar-refractivity contribution >= 4 is 11.6 Å². The molecule has 0 bridgehead atoms. The summed E-state index contributed by atoms with van der Waals surface area (Å²) in [5.41, 5.74) is 2.05. The van der Waals surface area contributed by atoms with Gasteiger partial charge in [-0.3, -0.25) is 0 Å². The molecule has 4 heteroatoms. The molecule has 1 aromatic heterocycles. The average Bonchev–Trinajstić information content (AvgIpc) is 2.88. The molecule has 20 heavy (non-hydrogen) atoms. The molecule has 1 unspecified atom stereocenters. The molecular weight excluding hydrogens is 275 g/mol. The third-order valence-electron chi connectivity index (χ3n) is 3.46. The Bertz CT molecular complexity index is 565. The van der Waals surface area contributed by atoms with Crippen LogP contribution < -0.4 is 5.32 Å². The summed E-state index contributed by atoms with van der Waals surface area (Å²) in [6.45, 7) is 2.76. The second kappa shape index (κ2) is 6.91. The molecule has 2 nitrogen and oxygen atoms in total. The van der Waals surface area contributed by atoms with E-state index in [0.717, 1.165) is 18.4 Å². The first-order valence-corrected chi connectivity index (χ1v) is 7.28. The second-order valence-corrected chi connectivity index (χ2v) is 5.39. The predicted octanol–water partition coefficient (Wildman–Crippen LogP) is 4.39. The number of aromatic nitrogens is 1. The lowest BCUT2D eigenvalue weighted by Crippen LogP contribution is -2.15. The van der Waals surface area contributed by atoms with Crippen molar-refractivity contribution in [2.75, 3.05) is 7.05 Å². The third-order valence-corrected chi connectivity index (χ3v) is 3.83. The highest BCUT2D eigenvalue weighted by Crippen LogP contribution is 2.21. The minimum atomic E-state index is -0.254. The molecule has 0 saturated carbocycles. The fourth-order valence-electron chi connectivity index (χ4n) is 2.39. The van der Waals surface area contributed by atoms with Gasteiger partial charge in [-0.15, -0.1) is 0 Å². The molecule has 0 amide bonds. The monoisotopic (exact) mass is 294 g/mol. The second-order valence-electron chi connectivity index (χ2n) is 4.98. The van der Waals surface area contributed by atoms with Crippen LogP contribution in [0, 0.1) is 5.82 Å². The van der Waals surface area contributed by atoms with E-state index in [4.69, 9.17) is 11.6 Å². The van der Waals surface area contributed by atoms with Crippen molar-refractivity contribution < 1.29 is 4.39 Å². The van der Waals surface area contributed by atoms with Crippen LogP contribution in [-0.2, 0) is 6.54 Å². The van der Waals surface area contributed by atoms with Gasteiger partial charge in [0.25, 0.3) is 0 Å². The summed E-state index contributed by atoms with van der Waals surface area (Å²) in [7, 11) is 1.97. The van der Waals surface area contributed by atoms with Gasteiger partial charge in [-0.05, 0) is 48.9 Å². The molecule has 1 N–H and O–H groups in total. The Labute approximate surface area is 124 Å². The Kier molecular flexibility index (Phi) is 5.21.